The average Bonchev–Trinajstić information content (AvgIpc) is 3.33. The molecule has 28 heavy (non-hydrogen) atoms. The summed E-state index contributed by atoms with van der Waals surface area (Å²) in [6.45, 7) is 1.98. The number of amides is 1. The molecule has 140 valence electrons. The van der Waals surface area contributed by atoms with Crippen molar-refractivity contribution < 1.29 is 18.1 Å². The highest BCUT2D eigenvalue weighted by Gasteiger charge is 2.19. The average molecular weight is 397 g/mol. The van der Waals surface area contributed by atoms with E-state index in [1.54, 1.807) is 11.4 Å². The molecule has 1 amide bonds. The first-order chi connectivity index (χ1) is 13.5. The molecule has 0 saturated heterocycles. The maximum atomic E-state index is 13.8. The Morgan fingerprint density at radius 3 is 2.68 bits per heavy atom. The van der Waals surface area contributed by atoms with Gasteiger partial charge in [0.15, 0.2) is 0 Å². The lowest BCUT2D eigenvalue weighted by Crippen LogP contribution is -2.14. The highest BCUT2D eigenvalue weighted by atomic mass is 32.1. The largest absolute Gasteiger partial charge is 0.333 e. The first-order valence-electron chi connectivity index (χ1n) is 8.26. The van der Waals surface area contributed by atoms with E-state index < -0.39 is 17.5 Å². The summed E-state index contributed by atoms with van der Waals surface area (Å²) in [6.07, 6.45) is 0. The van der Waals surface area contributed by atoms with Gasteiger partial charge in [-0.2, -0.15) is 4.98 Å². The van der Waals surface area contributed by atoms with E-state index in [9.17, 15) is 13.6 Å². The minimum Gasteiger partial charge on any atom is -0.333 e. The molecular formula is C20H13F2N3O2S. The molecule has 0 radical (unpaired) electrons. The van der Waals surface area contributed by atoms with Crippen LogP contribution in [0.1, 0.15) is 15.9 Å². The quantitative estimate of drug-likeness (QED) is 0.507. The van der Waals surface area contributed by atoms with Gasteiger partial charge in [0.05, 0.1) is 11.3 Å². The Labute approximate surface area is 162 Å². The van der Waals surface area contributed by atoms with Crippen molar-refractivity contribution in [1.82, 2.24) is 10.1 Å². The van der Waals surface area contributed by atoms with Crippen molar-refractivity contribution in [2.24, 2.45) is 0 Å². The van der Waals surface area contributed by atoms with Crippen LogP contribution in [-0.2, 0) is 0 Å². The highest BCUT2D eigenvalue weighted by Crippen LogP contribution is 2.34. The van der Waals surface area contributed by atoms with Gasteiger partial charge in [-0.3, -0.25) is 4.79 Å². The summed E-state index contributed by atoms with van der Waals surface area (Å²) in [6, 6.07) is 12.0. The van der Waals surface area contributed by atoms with Gasteiger partial charge >= 0.3 is 0 Å². The lowest BCUT2D eigenvalue weighted by atomic mass is 10.1. The van der Waals surface area contributed by atoms with Crippen LogP contribution in [0.4, 0.5) is 14.5 Å². The fourth-order valence-corrected chi connectivity index (χ4v) is 3.34. The number of hydrogen-bond acceptors (Lipinski definition) is 5. The number of nitrogens with one attached hydrogen (secondary N) is 1. The Morgan fingerprint density at radius 2 is 1.89 bits per heavy atom. The van der Waals surface area contributed by atoms with Gasteiger partial charge in [-0.15, -0.1) is 11.3 Å². The number of nitrogens with zero attached hydrogens (tertiary/aromatic N) is 2. The number of aromatic nitrogens is 2. The number of aryl methyl sites for hydroxylation is 1. The zero-order valence-corrected chi connectivity index (χ0v) is 15.4. The number of thiophene rings is 1. The number of carbonyl (C=O) groups excluding carboxylic acids is 1. The molecule has 8 heteroatoms. The molecule has 0 saturated carbocycles. The second kappa shape index (κ2) is 7.32. The summed E-state index contributed by atoms with van der Waals surface area (Å²) in [4.78, 5) is 17.2. The minimum atomic E-state index is -0.810. The fraction of sp³-hybridized carbons (Fsp3) is 0.0500. The van der Waals surface area contributed by atoms with Gasteiger partial charge < -0.3 is 9.84 Å². The Kier molecular flexibility index (Phi) is 4.70. The van der Waals surface area contributed by atoms with Gasteiger partial charge in [0.25, 0.3) is 11.8 Å². The van der Waals surface area contributed by atoms with Crippen molar-refractivity contribution in [3.63, 3.8) is 0 Å². The molecule has 0 spiro atoms. The normalized spacial score (nSPS) is 10.8. The van der Waals surface area contributed by atoms with E-state index in [0.717, 1.165) is 29.3 Å². The van der Waals surface area contributed by atoms with Gasteiger partial charge in [0.2, 0.25) is 5.82 Å². The first kappa shape index (κ1) is 18.0. The molecule has 0 fully saturated rings. The third-order valence-electron chi connectivity index (χ3n) is 4.02. The van der Waals surface area contributed by atoms with Crippen molar-refractivity contribution in [1.29, 1.82) is 0 Å². The van der Waals surface area contributed by atoms with Gasteiger partial charge in [-0.05, 0) is 36.6 Å². The third kappa shape index (κ3) is 3.54. The van der Waals surface area contributed by atoms with Gasteiger partial charge in [0, 0.05) is 5.56 Å². The van der Waals surface area contributed by atoms with Gasteiger partial charge in [-0.25, -0.2) is 8.78 Å². The molecule has 2 heterocycles. The van der Waals surface area contributed by atoms with Crippen molar-refractivity contribution >= 4 is 22.9 Å². The first-order valence-corrected chi connectivity index (χ1v) is 9.14. The van der Waals surface area contributed by atoms with Crippen LogP contribution in [0.3, 0.4) is 0 Å². The molecule has 0 bridgehead atoms. The summed E-state index contributed by atoms with van der Waals surface area (Å²) in [5.74, 6) is -1.64. The smallest absolute Gasteiger partial charge is 0.270 e. The monoisotopic (exact) mass is 397 g/mol. The number of halogens is 2. The Hall–Kier alpha value is -3.39. The summed E-state index contributed by atoms with van der Waals surface area (Å²) in [7, 11) is 0. The number of anilines is 1. The Morgan fingerprint density at radius 1 is 1.11 bits per heavy atom. The van der Waals surface area contributed by atoms with E-state index in [1.165, 1.54) is 11.3 Å². The number of carbonyl (C=O) groups is 1. The van der Waals surface area contributed by atoms with Crippen LogP contribution >= 0.6 is 11.3 Å². The SMILES string of the molecule is Cc1ccc(-c2noc(-c3sccc3NC(=O)c3cc(F)ccc3F)n2)cc1. The van der Waals surface area contributed by atoms with Crippen LogP contribution in [0, 0.1) is 18.6 Å². The molecule has 4 aromatic rings. The molecule has 1 N–H and O–H groups in total. The van der Waals surface area contributed by atoms with E-state index in [1.807, 2.05) is 31.2 Å². The standard InChI is InChI=1S/C20H13F2N3O2S/c1-11-2-4-12(5-3-11)18-24-20(27-25-18)17-16(8-9-28-17)23-19(26)14-10-13(21)6-7-15(14)22/h2-10H,1H3,(H,23,26). The van der Waals surface area contributed by atoms with Crippen LogP contribution in [0.5, 0.6) is 0 Å². The molecule has 0 aliphatic heterocycles. The summed E-state index contributed by atoms with van der Waals surface area (Å²) in [5.41, 5.74) is 1.89. The van der Waals surface area contributed by atoms with E-state index >= 15 is 0 Å². The Balaban J connectivity index is 1.60. The molecule has 2 aromatic carbocycles. The molecule has 0 unspecified atom stereocenters. The number of benzene rings is 2. The van der Waals surface area contributed by atoms with E-state index in [2.05, 4.69) is 15.5 Å². The molecule has 5 nitrogen and oxygen atoms in total. The van der Waals surface area contributed by atoms with Crippen LogP contribution in [-0.4, -0.2) is 16.0 Å². The molecule has 0 atom stereocenters. The fourth-order valence-electron chi connectivity index (χ4n) is 2.57. The predicted molar refractivity (Wildman–Crippen MR) is 102 cm³/mol. The summed E-state index contributed by atoms with van der Waals surface area (Å²) >= 11 is 1.28. The second-order valence-corrected chi connectivity index (χ2v) is 6.95. The minimum absolute atomic E-state index is 0.223. The maximum absolute atomic E-state index is 13.8. The zero-order valence-electron chi connectivity index (χ0n) is 14.6. The van der Waals surface area contributed by atoms with Crippen molar-refractivity contribution in [3.8, 4) is 22.2 Å². The number of hydrogen-bond donors (Lipinski definition) is 1. The van der Waals surface area contributed by atoms with Gasteiger partial charge in [-0.1, -0.05) is 35.0 Å². The predicted octanol–water partition coefficient (Wildman–Crippen LogP) is 5.30. The lowest BCUT2D eigenvalue weighted by molar-refractivity contribution is 0.102. The second-order valence-electron chi connectivity index (χ2n) is 6.03. The van der Waals surface area contributed by atoms with Crippen LogP contribution in [0.25, 0.3) is 22.2 Å². The molecule has 0 aliphatic carbocycles. The molecule has 4 rings (SSSR count). The van der Waals surface area contributed by atoms with Crippen LogP contribution in [0.2, 0.25) is 0 Å². The lowest BCUT2D eigenvalue weighted by Gasteiger charge is -2.06. The topological polar surface area (TPSA) is 68.0 Å². The van der Waals surface area contributed by atoms with E-state index in [0.29, 0.717) is 16.4 Å². The van der Waals surface area contributed by atoms with Crippen molar-refractivity contribution in [3.05, 3.63) is 76.7 Å². The summed E-state index contributed by atoms with van der Waals surface area (Å²) in [5, 5.41) is 8.27. The molecule has 2 aromatic heterocycles. The van der Waals surface area contributed by atoms with E-state index in [4.69, 9.17) is 4.52 Å². The van der Waals surface area contributed by atoms with Crippen molar-refractivity contribution in [2.45, 2.75) is 6.92 Å². The number of rotatable bonds is 4. The molecule has 0 aliphatic rings. The summed E-state index contributed by atoms with van der Waals surface area (Å²) < 4.78 is 32.5. The van der Waals surface area contributed by atoms with Crippen LogP contribution < -0.4 is 5.32 Å². The van der Waals surface area contributed by atoms with Crippen LogP contribution in [0.15, 0.2) is 58.4 Å². The van der Waals surface area contributed by atoms with Gasteiger partial charge in [0.1, 0.15) is 16.5 Å². The van der Waals surface area contributed by atoms with E-state index in [-0.39, 0.29) is 11.5 Å². The molecular weight excluding hydrogens is 384 g/mol. The Bertz CT molecular complexity index is 1150. The van der Waals surface area contributed by atoms with Crippen molar-refractivity contribution in [2.75, 3.05) is 5.32 Å². The maximum Gasteiger partial charge on any atom is 0.270 e. The third-order valence-corrected chi connectivity index (χ3v) is 4.92. The zero-order chi connectivity index (χ0) is 19.7. The highest BCUT2D eigenvalue weighted by molar-refractivity contribution is 7.14.